The molecule has 1 atom stereocenters. The van der Waals surface area contributed by atoms with Crippen LogP contribution in [0, 0.1) is 5.41 Å². The average Bonchev–Trinajstić information content (AvgIpc) is 1.80. The SMILES string of the molecule is CC(C)(P)C(=O)CC(C)(C)C(F)(F)F. The lowest BCUT2D eigenvalue weighted by molar-refractivity contribution is -0.213. The summed E-state index contributed by atoms with van der Waals surface area (Å²) in [6.45, 7) is 5.27. The Balaban J connectivity index is 4.62. The normalized spacial score (nSPS) is 14.3. The standard InChI is InChI=1S/C9H16F3OP/c1-7(2,9(10,11)12)5-6(13)8(3,4)14/h5,14H2,1-4H3. The maximum atomic E-state index is 12.4. The van der Waals surface area contributed by atoms with E-state index in [1.807, 2.05) is 0 Å². The molecule has 0 saturated carbocycles. The molecule has 0 aliphatic carbocycles. The van der Waals surface area contributed by atoms with Gasteiger partial charge in [-0.25, -0.2) is 0 Å². The molecule has 0 heterocycles. The maximum Gasteiger partial charge on any atom is 0.394 e. The zero-order chi connectivity index (χ0) is 11.8. The van der Waals surface area contributed by atoms with E-state index < -0.39 is 29.0 Å². The third kappa shape index (κ3) is 3.56. The van der Waals surface area contributed by atoms with Crippen molar-refractivity contribution in [2.24, 2.45) is 5.41 Å². The van der Waals surface area contributed by atoms with Crippen molar-refractivity contribution in [2.45, 2.75) is 45.4 Å². The van der Waals surface area contributed by atoms with E-state index in [0.29, 0.717) is 0 Å². The van der Waals surface area contributed by atoms with Crippen LogP contribution in [-0.2, 0) is 4.79 Å². The monoisotopic (exact) mass is 228 g/mol. The number of hydrogen-bond donors (Lipinski definition) is 0. The van der Waals surface area contributed by atoms with Crippen LogP contribution in [0.1, 0.15) is 34.1 Å². The number of hydrogen-bond acceptors (Lipinski definition) is 1. The topological polar surface area (TPSA) is 17.1 Å². The van der Waals surface area contributed by atoms with Gasteiger partial charge in [-0.3, -0.25) is 4.79 Å². The summed E-state index contributed by atoms with van der Waals surface area (Å²) >= 11 is 0. The second kappa shape index (κ2) is 3.80. The number of ketones is 1. The highest BCUT2D eigenvalue weighted by molar-refractivity contribution is 7.20. The number of alkyl halides is 3. The van der Waals surface area contributed by atoms with Crippen LogP contribution in [0.25, 0.3) is 0 Å². The Labute approximate surface area is 84.6 Å². The van der Waals surface area contributed by atoms with Crippen LogP contribution < -0.4 is 0 Å². The molecule has 0 aromatic heterocycles. The summed E-state index contributed by atoms with van der Waals surface area (Å²) in [4.78, 5) is 11.4. The van der Waals surface area contributed by atoms with Gasteiger partial charge in [0.15, 0.2) is 0 Å². The van der Waals surface area contributed by atoms with Crippen LogP contribution in [0.15, 0.2) is 0 Å². The predicted octanol–water partition coefficient (Wildman–Crippen LogP) is 3.19. The summed E-state index contributed by atoms with van der Waals surface area (Å²) in [6.07, 6.45) is -4.81. The Hall–Kier alpha value is -0.110. The number of halogens is 3. The molecule has 1 nitrogen and oxygen atoms in total. The van der Waals surface area contributed by atoms with Gasteiger partial charge in [-0.05, 0) is 13.8 Å². The third-order valence-corrected chi connectivity index (χ3v) is 2.41. The molecule has 84 valence electrons. The number of Topliss-reactive ketones (excluding diaryl/α,β-unsaturated/α-hetero) is 1. The van der Waals surface area contributed by atoms with Gasteiger partial charge in [0.1, 0.15) is 5.78 Å². The average molecular weight is 228 g/mol. The minimum atomic E-state index is -4.33. The van der Waals surface area contributed by atoms with Crippen LogP contribution in [0.2, 0.25) is 0 Å². The molecule has 0 aromatic rings. The Kier molecular flexibility index (Phi) is 3.77. The van der Waals surface area contributed by atoms with Crippen molar-refractivity contribution < 1.29 is 18.0 Å². The van der Waals surface area contributed by atoms with E-state index in [1.165, 1.54) is 0 Å². The van der Waals surface area contributed by atoms with Gasteiger partial charge in [-0.1, -0.05) is 13.8 Å². The Bertz CT molecular complexity index is 225. The van der Waals surface area contributed by atoms with Gasteiger partial charge in [0.2, 0.25) is 0 Å². The zero-order valence-corrected chi connectivity index (χ0v) is 9.98. The van der Waals surface area contributed by atoms with E-state index in [4.69, 9.17) is 0 Å². The summed E-state index contributed by atoms with van der Waals surface area (Å²) < 4.78 is 37.3. The molecule has 0 fully saturated rings. The first-order chi connectivity index (χ1) is 5.88. The van der Waals surface area contributed by atoms with Crippen LogP contribution in [-0.4, -0.2) is 17.1 Å². The minimum absolute atomic E-state index is 0.398. The predicted molar refractivity (Wildman–Crippen MR) is 53.2 cm³/mol. The van der Waals surface area contributed by atoms with Gasteiger partial charge in [-0.2, -0.15) is 13.2 Å². The molecule has 0 radical (unpaired) electrons. The third-order valence-electron chi connectivity index (χ3n) is 2.09. The number of carbonyl (C=O) groups excluding carboxylic acids is 1. The summed E-state index contributed by atoms with van der Waals surface area (Å²) in [5, 5.41) is -0.789. The van der Waals surface area contributed by atoms with Crippen LogP contribution in [0.4, 0.5) is 13.2 Å². The van der Waals surface area contributed by atoms with Crippen molar-refractivity contribution in [2.75, 3.05) is 0 Å². The Morgan fingerprint density at radius 3 is 1.71 bits per heavy atom. The first-order valence-electron chi connectivity index (χ1n) is 4.27. The van der Waals surface area contributed by atoms with Crippen molar-refractivity contribution in [3.8, 4) is 0 Å². The molecule has 0 saturated heterocycles. The minimum Gasteiger partial charge on any atom is -0.299 e. The molecule has 0 N–H and O–H groups in total. The highest BCUT2D eigenvalue weighted by Gasteiger charge is 2.49. The first kappa shape index (κ1) is 13.9. The highest BCUT2D eigenvalue weighted by Crippen LogP contribution is 2.41. The second-order valence-corrected chi connectivity index (χ2v) is 6.15. The Morgan fingerprint density at radius 1 is 1.14 bits per heavy atom. The molecule has 14 heavy (non-hydrogen) atoms. The van der Waals surface area contributed by atoms with Crippen molar-refractivity contribution >= 4 is 15.0 Å². The van der Waals surface area contributed by atoms with Crippen LogP contribution in [0.3, 0.4) is 0 Å². The molecule has 0 spiro atoms. The fraction of sp³-hybridized carbons (Fsp3) is 0.889. The summed E-state index contributed by atoms with van der Waals surface area (Å²) in [5.74, 6) is -0.398. The van der Waals surface area contributed by atoms with Gasteiger partial charge in [-0.15, -0.1) is 9.24 Å². The molecular weight excluding hydrogens is 212 g/mol. The molecule has 0 amide bonds. The van der Waals surface area contributed by atoms with E-state index in [9.17, 15) is 18.0 Å². The van der Waals surface area contributed by atoms with E-state index in [1.54, 1.807) is 13.8 Å². The lowest BCUT2D eigenvalue weighted by Gasteiger charge is -2.29. The van der Waals surface area contributed by atoms with Crippen LogP contribution >= 0.6 is 9.24 Å². The fourth-order valence-corrected chi connectivity index (χ4v) is 0.831. The maximum absolute atomic E-state index is 12.4. The molecule has 0 aromatic carbocycles. The summed E-state index contributed by atoms with van der Waals surface area (Å²) in [5.41, 5.74) is -1.95. The fourth-order valence-electron chi connectivity index (χ4n) is 0.729. The lowest BCUT2D eigenvalue weighted by Crippen LogP contribution is -2.38. The molecular formula is C9H16F3OP. The molecule has 5 heteroatoms. The van der Waals surface area contributed by atoms with Gasteiger partial charge in [0, 0.05) is 11.6 Å². The number of carbonyl (C=O) groups is 1. The van der Waals surface area contributed by atoms with E-state index in [0.717, 1.165) is 13.8 Å². The van der Waals surface area contributed by atoms with Crippen molar-refractivity contribution in [1.82, 2.24) is 0 Å². The molecule has 0 bridgehead atoms. The molecule has 0 aliphatic heterocycles. The van der Waals surface area contributed by atoms with Gasteiger partial charge in [0.05, 0.1) is 5.41 Å². The summed E-state index contributed by atoms with van der Waals surface area (Å²) in [7, 11) is 2.26. The van der Waals surface area contributed by atoms with Gasteiger partial charge < -0.3 is 0 Å². The van der Waals surface area contributed by atoms with Crippen molar-refractivity contribution in [3.63, 3.8) is 0 Å². The summed E-state index contributed by atoms with van der Waals surface area (Å²) in [6, 6.07) is 0. The molecule has 0 aliphatic rings. The first-order valence-corrected chi connectivity index (χ1v) is 4.84. The smallest absolute Gasteiger partial charge is 0.299 e. The zero-order valence-electron chi connectivity index (χ0n) is 8.83. The Morgan fingerprint density at radius 2 is 1.50 bits per heavy atom. The highest BCUT2D eigenvalue weighted by atomic mass is 31.0. The van der Waals surface area contributed by atoms with Gasteiger partial charge >= 0.3 is 6.18 Å². The van der Waals surface area contributed by atoms with Crippen molar-refractivity contribution in [3.05, 3.63) is 0 Å². The number of rotatable bonds is 3. The van der Waals surface area contributed by atoms with Gasteiger partial charge in [0.25, 0.3) is 0 Å². The van der Waals surface area contributed by atoms with Crippen LogP contribution in [0.5, 0.6) is 0 Å². The molecule has 0 rings (SSSR count). The van der Waals surface area contributed by atoms with Crippen molar-refractivity contribution in [1.29, 1.82) is 0 Å². The second-order valence-electron chi connectivity index (χ2n) is 4.70. The van der Waals surface area contributed by atoms with E-state index >= 15 is 0 Å². The van der Waals surface area contributed by atoms with E-state index in [2.05, 4.69) is 9.24 Å². The lowest BCUT2D eigenvalue weighted by atomic mass is 9.83. The molecule has 1 unspecified atom stereocenters. The quantitative estimate of drug-likeness (QED) is 0.678. The largest absolute Gasteiger partial charge is 0.394 e. The van der Waals surface area contributed by atoms with E-state index in [-0.39, 0.29) is 0 Å².